The van der Waals surface area contributed by atoms with E-state index < -0.39 is 23.7 Å². The third kappa shape index (κ3) is 5.22. The summed E-state index contributed by atoms with van der Waals surface area (Å²) < 4.78 is 48.2. The lowest BCUT2D eigenvalue weighted by Gasteiger charge is -2.42. The van der Waals surface area contributed by atoms with Gasteiger partial charge in [-0.05, 0) is 59.4 Å². The van der Waals surface area contributed by atoms with Crippen molar-refractivity contribution in [3.63, 3.8) is 0 Å². The highest BCUT2D eigenvalue weighted by atomic mass is 19.4. The van der Waals surface area contributed by atoms with E-state index in [1.165, 1.54) is 23.1 Å². The molecule has 3 heterocycles. The predicted octanol–water partition coefficient (Wildman–Crippen LogP) is 4.22. The lowest BCUT2D eigenvalue weighted by molar-refractivity contribution is -0.274. The average molecular weight is 540 g/mol. The summed E-state index contributed by atoms with van der Waals surface area (Å²) in [5, 5.41) is 4.08. The number of primary amides is 2. The number of hydrogen-bond donors (Lipinski definition) is 2. The zero-order valence-electron chi connectivity index (χ0n) is 20.6. The summed E-state index contributed by atoms with van der Waals surface area (Å²) >= 11 is 0. The minimum atomic E-state index is -4.84. The number of alkyl halides is 3. The van der Waals surface area contributed by atoms with Gasteiger partial charge in [-0.15, -0.1) is 13.2 Å². The number of aromatic nitrogens is 2. The van der Waals surface area contributed by atoms with E-state index in [2.05, 4.69) is 14.9 Å². The first-order chi connectivity index (χ1) is 18.6. The van der Waals surface area contributed by atoms with Gasteiger partial charge in [0.1, 0.15) is 17.2 Å². The summed E-state index contributed by atoms with van der Waals surface area (Å²) in [6.07, 6.45) is -0.954. The molecule has 2 aliphatic rings. The zero-order valence-corrected chi connectivity index (χ0v) is 20.6. The van der Waals surface area contributed by atoms with E-state index in [1.54, 1.807) is 42.6 Å². The van der Waals surface area contributed by atoms with E-state index in [-0.39, 0.29) is 31.7 Å². The monoisotopic (exact) mass is 539 g/mol. The van der Waals surface area contributed by atoms with Gasteiger partial charge >= 0.3 is 12.4 Å². The third-order valence-electron chi connectivity index (χ3n) is 7.03. The van der Waals surface area contributed by atoms with Crippen molar-refractivity contribution in [3.8, 4) is 17.1 Å². The Kier molecular flexibility index (Phi) is 6.62. The summed E-state index contributed by atoms with van der Waals surface area (Å²) in [5.74, 6) is -0.621. The minimum Gasteiger partial charge on any atom is -0.406 e. The molecule has 39 heavy (non-hydrogen) atoms. The van der Waals surface area contributed by atoms with Crippen LogP contribution in [0.25, 0.3) is 17.0 Å². The summed E-state index contributed by atoms with van der Waals surface area (Å²) in [7, 11) is 0. The third-order valence-corrected chi connectivity index (χ3v) is 7.03. The average Bonchev–Trinajstić information content (AvgIpc) is 3.36. The maximum atomic E-state index is 13.1. The van der Waals surface area contributed by atoms with Gasteiger partial charge in [0.15, 0.2) is 0 Å². The van der Waals surface area contributed by atoms with Gasteiger partial charge < -0.3 is 25.6 Å². The Bertz CT molecular complexity index is 1480. The number of urea groups is 1. The van der Waals surface area contributed by atoms with Crippen molar-refractivity contribution >= 4 is 17.5 Å². The summed E-state index contributed by atoms with van der Waals surface area (Å²) in [6, 6.07) is 12.0. The molecule has 2 aromatic heterocycles. The lowest BCUT2D eigenvalue weighted by Crippen LogP contribution is -2.50. The summed E-state index contributed by atoms with van der Waals surface area (Å²) in [6.45, 7) is 0.302. The van der Waals surface area contributed by atoms with Crippen LogP contribution >= 0.6 is 0 Å². The number of nitrogens with two attached hydrogens (primary N) is 2. The molecule has 12 heteroatoms. The van der Waals surface area contributed by atoms with Crippen LogP contribution in [0.5, 0.6) is 5.75 Å². The number of allylic oxidation sites excluding steroid dienone is 2. The molecule has 0 fully saturated rings. The van der Waals surface area contributed by atoms with Gasteiger partial charge in [0, 0.05) is 31.8 Å². The molecule has 1 unspecified atom stereocenters. The second-order valence-corrected chi connectivity index (χ2v) is 9.38. The van der Waals surface area contributed by atoms with Crippen molar-refractivity contribution < 1.29 is 32.0 Å². The number of rotatable bonds is 6. The number of hydrogen-bond acceptors (Lipinski definition) is 6. The normalized spacial score (nSPS) is 19.4. The first kappa shape index (κ1) is 26.0. The van der Waals surface area contributed by atoms with Crippen LogP contribution in [0.4, 0.5) is 18.0 Å². The Labute approximate surface area is 220 Å². The molecule has 0 saturated carbocycles. The molecule has 5 rings (SSSR count). The molecule has 1 atom stereocenters. The molecule has 9 nitrogen and oxygen atoms in total. The van der Waals surface area contributed by atoms with Crippen LogP contribution in [0, 0.1) is 5.41 Å². The fourth-order valence-corrected chi connectivity index (χ4v) is 5.21. The first-order valence-electron chi connectivity index (χ1n) is 12.1. The maximum Gasteiger partial charge on any atom is 0.573 e. The molecule has 202 valence electrons. The van der Waals surface area contributed by atoms with Gasteiger partial charge in [-0.1, -0.05) is 29.4 Å². The van der Waals surface area contributed by atoms with Gasteiger partial charge in [0.2, 0.25) is 5.91 Å². The number of pyridine rings is 1. The molecule has 1 aliphatic heterocycles. The van der Waals surface area contributed by atoms with Crippen LogP contribution in [-0.4, -0.2) is 46.4 Å². The molecule has 3 aromatic rings. The van der Waals surface area contributed by atoms with Crippen LogP contribution in [0.3, 0.4) is 0 Å². The van der Waals surface area contributed by atoms with E-state index >= 15 is 0 Å². The molecule has 0 radical (unpaired) electrons. The number of nitrogens with zero attached hydrogens (tertiary/aromatic N) is 3. The number of benzene rings is 1. The Balaban J connectivity index is 1.56. The Hall–Kier alpha value is -4.61. The Morgan fingerprint density at radius 3 is 2.62 bits per heavy atom. The van der Waals surface area contributed by atoms with E-state index in [4.69, 9.17) is 16.0 Å². The smallest absolute Gasteiger partial charge is 0.406 e. The highest BCUT2D eigenvalue weighted by Crippen LogP contribution is 2.48. The summed E-state index contributed by atoms with van der Waals surface area (Å²) in [4.78, 5) is 30.9. The maximum absolute atomic E-state index is 13.1. The van der Waals surface area contributed by atoms with E-state index in [0.717, 1.165) is 0 Å². The number of amides is 3. The largest absolute Gasteiger partial charge is 0.573 e. The molecule has 1 aromatic carbocycles. The van der Waals surface area contributed by atoms with Crippen LogP contribution in [0.1, 0.15) is 24.2 Å². The standard InChI is InChI=1S/C27H24F3N5O4/c28-27(29,30)38-17-5-3-4-16(12-17)19-7-9-26(24(31)36,21-15-35(25(32)37)11-8-20(19)21)14-18-13-23(34-39-18)22-6-1-2-10-33-22/h1-7,10,12-13H,8-9,11,14-15H2,(H2,31,36)(H2,32,37). The van der Waals surface area contributed by atoms with Crippen LogP contribution in [0.2, 0.25) is 0 Å². The molecular formula is C27H24F3N5O4. The molecule has 3 amide bonds. The number of carbonyl (C=O) groups is 2. The van der Waals surface area contributed by atoms with Gasteiger partial charge in [-0.3, -0.25) is 9.78 Å². The van der Waals surface area contributed by atoms with Crippen molar-refractivity contribution in [2.75, 3.05) is 13.1 Å². The number of ether oxygens (including phenoxy) is 1. The van der Waals surface area contributed by atoms with Gasteiger partial charge in [0.25, 0.3) is 0 Å². The van der Waals surface area contributed by atoms with E-state index in [9.17, 15) is 22.8 Å². The first-order valence-corrected chi connectivity index (χ1v) is 12.1. The highest BCUT2D eigenvalue weighted by Gasteiger charge is 2.47. The quantitative estimate of drug-likeness (QED) is 0.481. The van der Waals surface area contributed by atoms with E-state index in [0.29, 0.717) is 45.9 Å². The Morgan fingerprint density at radius 1 is 1.10 bits per heavy atom. The molecular weight excluding hydrogens is 515 g/mol. The van der Waals surface area contributed by atoms with Crippen molar-refractivity contribution in [1.82, 2.24) is 15.0 Å². The van der Waals surface area contributed by atoms with Crippen LogP contribution < -0.4 is 16.2 Å². The van der Waals surface area contributed by atoms with Crippen LogP contribution in [-0.2, 0) is 11.2 Å². The molecule has 0 bridgehead atoms. The lowest BCUT2D eigenvalue weighted by atomic mass is 9.65. The number of halogens is 3. The second kappa shape index (κ2) is 9.93. The minimum absolute atomic E-state index is 0.0327. The van der Waals surface area contributed by atoms with Crippen LogP contribution in [0.15, 0.2) is 76.5 Å². The predicted molar refractivity (Wildman–Crippen MR) is 134 cm³/mol. The van der Waals surface area contributed by atoms with Gasteiger partial charge in [-0.25, -0.2) is 4.79 Å². The van der Waals surface area contributed by atoms with Gasteiger partial charge in [-0.2, -0.15) is 0 Å². The fraction of sp³-hybridized carbons (Fsp3) is 0.259. The van der Waals surface area contributed by atoms with Crippen molar-refractivity contribution in [3.05, 3.63) is 83.3 Å². The van der Waals surface area contributed by atoms with Crippen molar-refractivity contribution in [2.24, 2.45) is 16.9 Å². The van der Waals surface area contributed by atoms with E-state index in [1.807, 2.05) is 0 Å². The van der Waals surface area contributed by atoms with Crippen molar-refractivity contribution in [2.45, 2.75) is 25.6 Å². The SMILES string of the molecule is NC(=O)N1CCC2=C(C1)C(Cc1cc(-c3ccccn3)no1)(C(N)=O)CC=C2c1cccc(OC(F)(F)F)c1. The molecule has 1 aliphatic carbocycles. The van der Waals surface area contributed by atoms with Crippen molar-refractivity contribution in [1.29, 1.82) is 0 Å². The van der Waals surface area contributed by atoms with Gasteiger partial charge in [0.05, 0.1) is 11.1 Å². The topological polar surface area (TPSA) is 138 Å². The fourth-order valence-electron chi connectivity index (χ4n) is 5.21. The molecule has 0 spiro atoms. The zero-order chi connectivity index (χ0) is 27.8. The number of carbonyl (C=O) groups excluding carboxylic acids is 2. The second-order valence-electron chi connectivity index (χ2n) is 9.38. The molecule has 0 saturated heterocycles. The summed E-state index contributed by atoms with van der Waals surface area (Å²) in [5.41, 5.74) is 13.8. The molecule has 4 N–H and O–H groups in total. The highest BCUT2D eigenvalue weighted by molar-refractivity contribution is 5.92. The Morgan fingerprint density at radius 2 is 1.92 bits per heavy atom.